The van der Waals surface area contributed by atoms with E-state index >= 15 is 0 Å². The number of rotatable bonds is 5. The highest BCUT2D eigenvalue weighted by atomic mass is 16.4. The Morgan fingerprint density at radius 1 is 1.59 bits per heavy atom. The average Bonchev–Trinajstić information content (AvgIpc) is 2.68. The molecule has 94 valence electrons. The van der Waals surface area contributed by atoms with E-state index in [1.807, 2.05) is 0 Å². The van der Waals surface area contributed by atoms with E-state index in [1.165, 1.54) is 6.33 Å². The van der Waals surface area contributed by atoms with Crippen LogP contribution in [-0.2, 0) is 18.4 Å². The summed E-state index contributed by atoms with van der Waals surface area (Å²) < 4.78 is 1.61. The number of nitrogens with zero attached hydrogens (tertiary/aromatic N) is 3. The molecule has 9 heteroatoms. The van der Waals surface area contributed by atoms with Crippen molar-refractivity contribution in [3.05, 3.63) is 12.2 Å². The molecule has 0 aliphatic rings. The predicted octanol–water partition coefficient (Wildman–Crippen LogP) is -1.94. The molecular formula is C8H13N5O4. The summed E-state index contributed by atoms with van der Waals surface area (Å²) in [5.41, 5.74) is 0. The lowest BCUT2D eigenvalue weighted by molar-refractivity contribution is -0.140. The number of hydrogen-bond acceptors (Lipinski definition) is 5. The third-order valence-electron chi connectivity index (χ3n) is 2.00. The maximum atomic E-state index is 11.3. The highest BCUT2D eigenvalue weighted by Crippen LogP contribution is 1.90. The van der Waals surface area contributed by atoms with E-state index in [0.29, 0.717) is 5.82 Å². The number of carboxylic acids is 1. The summed E-state index contributed by atoms with van der Waals surface area (Å²) in [5, 5.41) is 29.1. The number of aliphatic hydroxyl groups excluding tert-OH is 1. The van der Waals surface area contributed by atoms with Crippen LogP contribution in [0.15, 0.2) is 6.33 Å². The number of aryl methyl sites for hydroxylation is 1. The molecule has 0 saturated carbocycles. The zero-order valence-electron chi connectivity index (χ0n) is 9.12. The molecule has 9 nitrogen and oxygen atoms in total. The Kier molecular flexibility index (Phi) is 4.40. The van der Waals surface area contributed by atoms with Crippen molar-refractivity contribution < 1.29 is 19.8 Å². The van der Waals surface area contributed by atoms with E-state index in [0.717, 1.165) is 0 Å². The topological polar surface area (TPSA) is 129 Å². The Balaban J connectivity index is 2.40. The molecule has 1 aromatic rings. The van der Waals surface area contributed by atoms with E-state index < -0.39 is 24.6 Å². The SMILES string of the molecule is Cn1cnnc1CNC(=O)N[C@H](CO)C(=O)O. The zero-order chi connectivity index (χ0) is 12.8. The summed E-state index contributed by atoms with van der Waals surface area (Å²) in [7, 11) is 1.71. The molecule has 0 aliphatic carbocycles. The van der Waals surface area contributed by atoms with Gasteiger partial charge in [-0.15, -0.1) is 10.2 Å². The largest absolute Gasteiger partial charge is 0.480 e. The van der Waals surface area contributed by atoms with Gasteiger partial charge in [0.15, 0.2) is 11.9 Å². The lowest BCUT2D eigenvalue weighted by Crippen LogP contribution is -2.47. The number of carboxylic acid groups (broad SMARTS) is 1. The van der Waals surface area contributed by atoms with Gasteiger partial charge in [-0.3, -0.25) is 0 Å². The lowest BCUT2D eigenvalue weighted by atomic mass is 10.3. The van der Waals surface area contributed by atoms with Crippen LogP contribution < -0.4 is 10.6 Å². The fourth-order valence-electron chi connectivity index (χ4n) is 1.02. The lowest BCUT2D eigenvalue weighted by Gasteiger charge is -2.12. The fourth-order valence-corrected chi connectivity index (χ4v) is 1.02. The normalized spacial score (nSPS) is 11.9. The van der Waals surface area contributed by atoms with E-state index in [-0.39, 0.29) is 6.54 Å². The molecule has 0 radical (unpaired) electrons. The first-order valence-electron chi connectivity index (χ1n) is 4.75. The Morgan fingerprint density at radius 3 is 2.76 bits per heavy atom. The molecule has 1 rings (SSSR count). The second-order valence-electron chi connectivity index (χ2n) is 3.26. The van der Waals surface area contributed by atoms with Gasteiger partial charge in [0.1, 0.15) is 6.33 Å². The number of amides is 2. The summed E-state index contributed by atoms with van der Waals surface area (Å²) in [6.07, 6.45) is 1.47. The van der Waals surface area contributed by atoms with Gasteiger partial charge < -0.3 is 25.4 Å². The smallest absolute Gasteiger partial charge is 0.328 e. The van der Waals surface area contributed by atoms with Crippen molar-refractivity contribution in [2.24, 2.45) is 7.05 Å². The van der Waals surface area contributed by atoms with Crippen molar-refractivity contribution in [2.45, 2.75) is 12.6 Å². The predicted molar refractivity (Wildman–Crippen MR) is 54.9 cm³/mol. The van der Waals surface area contributed by atoms with Crippen LogP contribution in [-0.4, -0.2) is 49.6 Å². The van der Waals surface area contributed by atoms with Gasteiger partial charge in [0.25, 0.3) is 0 Å². The summed E-state index contributed by atoms with van der Waals surface area (Å²) in [4.78, 5) is 21.8. The third kappa shape index (κ3) is 3.72. The molecule has 0 unspecified atom stereocenters. The van der Waals surface area contributed by atoms with Crippen LogP contribution in [0.1, 0.15) is 5.82 Å². The minimum Gasteiger partial charge on any atom is -0.480 e. The first kappa shape index (κ1) is 12.9. The molecule has 0 aromatic carbocycles. The average molecular weight is 243 g/mol. The van der Waals surface area contributed by atoms with Crippen molar-refractivity contribution >= 4 is 12.0 Å². The maximum Gasteiger partial charge on any atom is 0.328 e. The third-order valence-corrected chi connectivity index (χ3v) is 2.00. The first-order chi connectivity index (χ1) is 8.04. The minimum atomic E-state index is -1.32. The van der Waals surface area contributed by atoms with Crippen LogP contribution in [0.5, 0.6) is 0 Å². The van der Waals surface area contributed by atoms with Crippen LogP contribution in [0, 0.1) is 0 Å². The van der Waals surface area contributed by atoms with Crippen molar-refractivity contribution in [3.63, 3.8) is 0 Å². The molecule has 1 atom stereocenters. The van der Waals surface area contributed by atoms with Crippen LogP contribution in [0.4, 0.5) is 4.79 Å². The quantitative estimate of drug-likeness (QED) is 0.476. The second kappa shape index (κ2) is 5.80. The highest BCUT2D eigenvalue weighted by Gasteiger charge is 2.18. The molecule has 1 aromatic heterocycles. The molecule has 0 aliphatic heterocycles. The van der Waals surface area contributed by atoms with Gasteiger partial charge in [-0.05, 0) is 0 Å². The van der Waals surface area contributed by atoms with Gasteiger partial charge in [0.05, 0.1) is 13.2 Å². The van der Waals surface area contributed by atoms with E-state index in [9.17, 15) is 9.59 Å². The number of carbonyl (C=O) groups excluding carboxylic acids is 1. The number of aliphatic carboxylic acids is 1. The van der Waals surface area contributed by atoms with Crippen molar-refractivity contribution in [1.82, 2.24) is 25.4 Å². The molecule has 0 spiro atoms. The zero-order valence-corrected chi connectivity index (χ0v) is 9.12. The Bertz CT molecular complexity index is 404. The summed E-state index contributed by atoms with van der Waals surface area (Å²) in [6.45, 7) is -0.563. The van der Waals surface area contributed by atoms with Gasteiger partial charge in [-0.2, -0.15) is 0 Å². The minimum absolute atomic E-state index is 0.111. The van der Waals surface area contributed by atoms with Crippen molar-refractivity contribution in [3.8, 4) is 0 Å². The molecule has 0 fully saturated rings. The molecule has 0 saturated heterocycles. The number of hydrogen-bond donors (Lipinski definition) is 4. The van der Waals surface area contributed by atoms with Gasteiger partial charge >= 0.3 is 12.0 Å². The second-order valence-corrected chi connectivity index (χ2v) is 3.26. The maximum absolute atomic E-state index is 11.3. The van der Waals surface area contributed by atoms with Crippen molar-refractivity contribution in [1.29, 1.82) is 0 Å². The number of urea groups is 1. The van der Waals surface area contributed by atoms with E-state index in [2.05, 4.69) is 20.8 Å². The molecule has 1 heterocycles. The number of nitrogens with one attached hydrogen (secondary N) is 2. The summed E-state index contributed by atoms with van der Waals surface area (Å²) in [6, 6.07) is -2.02. The van der Waals surface area contributed by atoms with Gasteiger partial charge in [-0.25, -0.2) is 9.59 Å². The molecule has 4 N–H and O–H groups in total. The van der Waals surface area contributed by atoms with Crippen molar-refractivity contribution in [2.75, 3.05) is 6.61 Å². The summed E-state index contributed by atoms with van der Waals surface area (Å²) in [5.74, 6) is -0.780. The van der Waals surface area contributed by atoms with E-state index in [1.54, 1.807) is 11.6 Å². The Morgan fingerprint density at radius 2 is 2.29 bits per heavy atom. The molecule has 0 bridgehead atoms. The number of aromatic nitrogens is 3. The molecular weight excluding hydrogens is 230 g/mol. The number of carbonyl (C=O) groups is 2. The van der Waals surface area contributed by atoms with Crippen LogP contribution in [0.3, 0.4) is 0 Å². The van der Waals surface area contributed by atoms with Gasteiger partial charge in [-0.1, -0.05) is 0 Å². The van der Waals surface area contributed by atoms with Crippen LogP contribution in [0.2, 0.25) is 0 Å². The Labute approximate surface area is 96.5 Å². The van der Waals surface area contributed by atoms with Gasteiger partial charge in [0, 0.05) is 7.05 Å². The molecule has 17 heavy (non-hydrogen) atoms. The molecule has 2 amide bonds. The summed E-state index contributed by atoms with van der Waals surface area (Å²) >= 11 is 0. The standard InChI is InChI=1S/C8H13N5O4/c1-13-4-10-12-6(13)2-9-8(17)11-5(3-14)7(15)16/h4-5,14H,2-3H2,1H3,(H,15,16)(H2,9,11,17)/t5-/m1/s1. The first-order valence-corrected chi connectivity index (χ1v) is 4.75. The monoisotopic (exact) mass is 243 g/mol. The van der Waals surface area contributed by atoms with Crippen LogP contribution >= 0.6 is 0 Å². The van der Waals surface area contributed by atoms with E-state index in [4.69, 9.17) is 10.2 Å². The highest BCUT2D eigenvalue weighted by molar-refractivity contribution is 5.82. The fraction of sp³-hybridized carbons (Fsp3) is 0.500. The Hall–Kier alpha value is -2.16. The van der Waals surface area contributed by atoms with Gasteiger partial charge in [0.2, 0.25) is 0 Å². The number of aliphatic hydroxyl groups is 1. The van der Waals surface area contributed by atoms with Crippen LogP contribution in [0.25, 0.3) is 0 Å².